The smallest absolute Gasteiger partial charge is 0.325 e. The maximum Gasteiger partial charge on any atom is 0.325 e. The number of hydrogen-bond donors (Lipinski definition) is 1. The summed E-state index contributed by atoms with van der Waals surface area (Å²) in [6.07, 6.45) is 0.936. The number of esters is 1. The third kappa shape index (κ3) is 5.40. The number of aldehydes is 1. The molecule has 1 N–H and O–H groups in total. The highest BCUT2D eigenvalue weighted by atomic mass is 16.5. The zero-order valence-electron chi connectivity index (χ0n) is 6.83. The highest BCUT2D eigenvalue weighted by Crippen LogP contribution is 1.83. The van der Waals surface area contributed by atoms with Crippen molar-refractivity contribution in [3.63, 3.8) is 0 Å². The zero-order valence-corrected chi connectivity index (χ0v) is 6.83. The van der Waals surface area contributed by atoms with Crippen LogP contribution in [0, 0.1) is 0 Å². The van der Waals surface area contributed by atoms with E-state index in [-0.39, 0.29) is 25.3 Å². The molecular weight excluding hydrogens is 162 g/mol. The van der Waals surface area contributed by atoms with Crippen molar-refractivity contribution in [3.05, 3.63) is 0 Å². The molecule has 68 valence electrons. The number of methoxy groups -OCH3 is 1. The lowest BCUT2D eigenvalue weighted by atomic mass is 10.3. The minimum Gasteiger partial charge on any atom is -0.468 e. The average Bonchev–Trinajstić information content (AvgIpc) is 2.10. The molecule has 1 amide bonds. The van der Waals surface area contributed by atoms with Crippen LogP contribution in [0.4, 0.5) is 0 Å². The summed E-state index contributed by atoms with van der Waals surface area (Å²) in [5, 5.41) is 2.30. The van der Waals surface area contributed by atoms with Crippen LogP contribution in [0.5, 0.6) is 0 Å². The molecule has 0 saturated heterocycles. The molecule has 0 unspecified atom stereocenters. The van der Waals surface area contributed by atoms with Crippen LogP contribution in [0.1, 0.15) is 12.8 Å². The molecule has 0 atom stereocenters. The van der Waals surface area contributed by atoms with Crippen LogP contribution in [0.3, 0.4) is 0 Å². The number of carbonyl (C=O) groups is 3. The van der Waals surface area contributed by atoms with Crippen molar-refractivity contribution < 1.29 is 19.1 Å². The lowest BCUT2D eigenvalue weighted by molar-refractivity contribution is -0.141. The molecular formula is C7H11NO4. The van der Waals surface area contributed by atoms with E-state index in [1.54, 1.807) is 0 Å². The maximum atomic E-state index is 10.7. The summed E-state index contributed by atoms with van der Waals surface area (Å²) in [5.74, 6) is -0.832. The first-order chi connectivity index (χ1) is 5.70. The van der Waals surface area contributed by atoms with Crippen molar-refractivity contribution in [2.24, 2.45) is 0 Å². The van der Waals surface area contributed by atoms with Gasteiger partial charge in [0.05, 0.1) is 7.11 Å². The monoisotopic (exact) mass is 173 g/mol. The summed E-state index contributed by atoms with van der Waals surface area (Å²) in [5.41, 5.74) is 0. The second-order valence-electron chi connectivity index (χ2n) is 2.06. The number of ether oxygens (including phenoxy) is 1. The number of carbonyl (C=O) groups excluding carboxylic acids is 3. The fourth-order valence-electron chi connectivity index (χ4n) is 0.521. The van der Waals surface area contributed by atoms with Gasteiger partial charge in [0.25, 0.3) is 0 Å². The largest absolute Gasteiger partial charge is 0.468 e. The molecule has 0 aliphatic rings. The fraction of sp³-hybridized carbons (Fsp3) is 0.571. The maximum absolute atomic E-state index is 10.7. The van der Waals surface area contributed by atoms with E-state index in [0.717, 1.165) is 0 Å². The number of hydrogen-bond acceptors (Lipinski definition) is 4. The van der Waals surface area contributed by atoms with E-state index in [9.17, 15) is 14.4 Å². The molecule has 0 radical (unpaired) electrons. The van der Waals surface area contributed by atoms with Gasteiger partial charge in [-0.25, -0.2) is 0 Å². The summed E-state index contributed by atoms with van der Waals surface area (Å²) in [6, 6.07) is 0. The number of amides is 1. The Morgan fingerprint density at radius 1 is 1.50 bits per heavy atom. The van der Waals surface area contributed by atoms with Gasteiger partial charge in [-0.3, -0.25) is 9.59 Å². The van der Waals surface area contributed by atoms with Gasteiger partial charge in [0.2, 0.25) is 5.91 Å². The first-order valence-corrected chi connectivity index (χ1v) is 3.48. The minimum absolute atomic E-state index is 0.112. The van der Waals surface area contributed by atoms with Gasteiger partial charge in [-0.1, -0.05) is 0 Å². The normalized spacial score (nSPS) is 8.75. The topological polar surface area (TPSA) is 72.5 Å². The Kier molecular flexibility index (Phi) is 5.60. The fourth-order valence-corrected chi connectivity index (χ4v) is 0.521. The van der Waals surface area contributed by atoms with Crippen molar-refractivity contribution >= 4 is 18.2 Å². The van der Waals surface area contributed by atoms with E-state index in [1.165, 1.54) is 7.11 Å². The molecule has 5 heteroatoms. The SMILES string of the molecule is COC(=O)CNC(=O)CCC=O. The molecule has 0 saturated carbocycles. The Bertz CT molecular complexity index is 178. The lowest BCUT2D eigenvalue weighted by Gasteiger charge is -2.00. The third-order valence-corrected chi connectivity index (χ3v) is 1.15. The predicted octanol–water partition coefficient (Wildman–Crippen LogP) is -0.745. The van der Waals surface area contributed by atoms with Gasteiger partial charge in [0.15, 0.2) is 0 Å². The van der Waals surface area contributed by atoms with Crippen molar-refractivity contribution in [1.29, 1.82) is 0 Å². The summed E-state index contributed by atoms with van der Waals surface area (Å²) >= 11 is 0. The molecule has 0 aliphatic heterocycles. The van der Waals surface area contributed by atoms with Crippen LogP contribution in [0.25, 0.3) is 0 Å². The standard InChI is InChI=1S/C7H11NO4/c1-12-7(11)5-8-6(10)3-2-4-9/h4H,2-3,5H2,1H3,(H,8,10). The molecule has 5 nitrogen and oxygen atoms in total. The van der Waals surface area contributed by atoms with E-state index >= 15 is 0 Å². The molecule has 0 aromatic rings. The Labute approximate surface area is 70.1 Å². The van der Waals surface area contributed by atoms with Crippen LogP contribution in [-0.4, -0.2) is 31.8 Å². The van der Waals surface area contributed by atoms with Gasteiger partial charge in [0, 0.05) is 12.8 Å². The molecule has 0 aromatic carbocycles. The van der Waals surface area contributed by atoms with Crippen LogP contribution in [0.15, 0.2) is 0 Å². The Morgan fingerprint density at radius 2 is 2.17 bits per heavy atom. The molecule has 0 heterocycles. The summed E-state index contributed by atoms with van der Waals surface area (Å²) < 4.78 is 4.28. The van der Waals surface area contributed by atoms with Gasteiger partial charge >= 0.3 is 5.97 Å². The van der Waals surface area contributed by atoms with Crippen molar-refractivity contribution in [2.45, 2.75) is 12.8 Å². The average molecular weight is 173 g/mol. The van der Waals surface area contributed by atoms with Gasteiger partial charge in [-0.2, -0.15) is 0 Å². The lowest BCUT2D eigenvalue weighted by Crippen LogP contribution is -2.29. The molecule has 0 fully saturated rings. The number of rotatable bonds is 5. The summed E-state index contributed by atoms with van der Waals surface area (Å²) in [6.45, 7) is -0.145. The first-order valence-electron chi connectivity index (χ1n) is 3.48. The second-order valence-corrected chi connectivity index (χ2v) is 2.06. The Hall–Kier alpha value is -1.39. The first kappa shape index (κ1) is 10.6. The van der Waals surface area contributed by atoms with E-state index in [4.69, 9.17) is 0 Å². The molecule has 0 bridgehead atoms. The Balaban J connectivity index is 3.43. The number of nitrogens with one attached hydrogen (secondary N) is 1. The third-order valence-electron chi connectivity index (χ3n) is 1.15. The molecule has 0 spiro atoms. The van der Waals surface area contributed by atoms with E-state index in [2.05, 4.69) is 10.1 Å². The molecule has 0 rings (SSSR count). The van der Waals surface area contributed by atoms with Crippen LogP contribution < -0.4 is 5.32 Å². The molecule has 12 heavy (non-hydrogen) atoms. The van der Waals surface area contributed by atoms with Crippen molar-refractivity contribution in [1.82, 2.24) is 5.32 Å². The second kappa shape index (κ2) is 6.33. The quantitative estimate of drug-likeness (QED) is 0.438. The predicted molar refractivity (Wildman–Crippen MR) is 40.3 cm³/mol. The zero-order chi connectivity index (χ0) is 9.40. The van der Waals surface area contributed by atoms with Crippen LogP contribution in [0.2, 0.25) is 0 Å². The van der Waals surface area contributed by atoms with Gasteiger partial charge < -0.3 is 14.8 Å². The van der Waals surface area contributed by atoms with E-state index in [0.29, 0.717) is 6.29 Å². The summed E-state index contributed by atoms with van der Waals surface area (Å²) in [7, 11) is 1.24. The molecule has 0 aliphatic carbocycles. The molecule has 0 aromatic heterocycles. The minimum atomic E-state index is -0.505. The van der Waals surface area contributed by atoms with Gasteiger partial charge in [-0.15, -0.1) is 0 Å². The Morgan fingerprint density at radius 3 is 2.67 bits per heavy atom. The van der Waals surface area contributed by atoms with Gasteiger partial charge in [0.1, 0.15) is 12.8 Å². The highest BCUT2D eigenvalue weighted by molar-refractivity contribution is 5.82. The van der Waals surface area contributed by atoms with E-state index in [1.807, 2.05) is 0 Å². The van der Waals surface area contributed by atoms with Gasteiger partial charge in [-0.05, 0) is 0 Å². The summed E-state index contributed by atoms with van der Waals surface area (Å²) in [4.78, 5) is 31.1. The van der Waals surface area contributed by atoms with Crippen LogP contribution >= 0.6 is 0 Å². The van der Waals surface area contributed by atoms with Crippen molar-refractivity contribution in [2.75, 3.05) is 13.7 Å². The highest BCUT2D eigenvalue weighted by Gasteiger charge is 2.03. The van der Waals surface area contributed by atoms with Crippen LogP contribution in [-0.2, 0) is 19.1 Å². The van der Waals surface area contributed by atoms with E-state index < -0.39 is 5.97 Å². The van der Waals surface area contributed by atoms with Crippen molar-refractivity contribution in [3.8, 4) is 0 Å².